The lowest BCUT2D eigenvalue weighted by Crippen LogP contribution is -1.64. The maximum atomic E-state index is 5.43. The summed E-state index contributed by atoms with van der Waals surface area (Å²) in [6, 6.07) is 7.39. The molecule has 0 unspecified atom stereocenters. The number of rotatable bonds is 3. The van der Waals surface area contributed by atoms with E-state index in [-0.39, 0.29) is 0 Å². The van der Waals surface area contributed by atoms with Crippen LogP contribution in [0.25, 0.3) is 23.7 Å². The number of furan rings is 2. The molecule has 0 atom stereocenters. The highest BCUT2D eigenvalue weighted by atomic mass is 16.4. The third-order valence-electron chi connectivity index (χ3n) is 1.90. The Balaban J connectivity index is 2.38. The van der Waals surface area contributed by atoms with Gasteiger partial charge in [-0.3, -0.25) is 0 Å². The van der Waals surface area contributed by atoms with Crippen LogP contribution in [0.2, 0.25) is 0 Å². The second kappa shape index (κ2) is 3.42. The van der Waals surface area contributed by atoms with E-state index >= 15 is 0 Å². The molecule has 2 aromatic heterocycles. The van der Waals surface area contributed by atoms with Gasteiger partial charge in [-0.1, -0.05) is 13.2 Å². The zero-order valence-electron chi connectivity index (χ0n) is 7.69. The highest BCUT2D eigenvalue weighted by Crippen LogP contribution is 2.25. The van der Waals surface area contributed by atoms with Crippen LogP contribution in [0, 0.1) is 0 Å². The monoisotopic (exact) mass is 186 g/mol. The SMILES string of the molecule is C=Cc1ccc(-c2ccc(C=C)o2)o1. The zero-order valence-corrected chi connectivity index (χ0v) is 7.69. The molecule has 2 rings (SSSR count). The molecule has 0 aliphatic rings. The number of hydrogen-bond donors (Lipinski definition) is 0. The van der Waals surface area contributed by atoms with E-state index in [1.165, 1.54) is 0 Å². The Kier molecular flexibility index (Phi) is 2.11. The Morgan fingerprint density at radius 1 is 0.786 bits per heavy atom. The van der Waals surface area contributed by atoms with E-state index in [4.69, 9.17) is 8.83 Å². The first-order chi connectivity index (χ1) is 6.83. The lowest BCUT2D eigenvalue weighted by molar-refractivity contribution is 0.515. The summed E-state index contributed by atoms with van der Waals surface area (Å²) in [6.07, 6.45) is 3.31. The largest absolute Gasteiger partial charge is 0.453 e. The van der Waals surface area contributed by atoms with Crippen LogP contribution >= 0.6 is 0 Å². The molecule has 0 radical (unpaired) electrons. The summed E-state index contributed by atoms with van der Waals surface area (Å²) < 4.78 is 10.9. The van der Waals surface area contributed by atoms with Gasteiger partial charge < -0.3 is 8.83 Å². The van der Waals surface area contributed by atoms with Crippen molar-refractivity contribution in [3.05, 3.63) is 48.9 Å². The molecule has 14 heavy (non-hydrogen) atoms. The molecule has 2 nitrogen and oxygen atoms in total. The van der Waals surface area contributed by atoms with Crippen molar-refractivity contribution in [1.82, 2.24) is 0 Å². The van der Waals surface area contributed by atoms with Crippen LogP contribution in [0.1, 0.15) is 11.5 Å². The zero-order chi connectivity index (χ0) is 9.97. The van der Waals surface area contributed by atoms with Gasteiger partial charge in [-0.05, 0) is 36.4 Å². The van der Waals surface area contributed by atoms with Crippen LogP contribution < -0.4 is 0 Å². The average Bonchev–Trinajstić information content (AvgIpc) is 2.86. The van der Waals surface area contributed by atoms with E-state index in [9.17, 15) is 0 Å². The first-order valence-corrected chi connectivity index (χ1v) is 4.28. The molecule has 0 N–H and O–H groups in total. The molecular formula is C12H10O2. The summed E-state index contributed by atoms with van der Waals surface area (Å²) in [5.41, 5.74) is 0. The highest BCUT2D eigenvalue weighted by molar-refractivity contribution is 5.56. The highest BCUT2D eigenvalue weighted by Gasteiger charge is 2.06. The van der Waals surface area contributed by atoms with Gasteiger partial charge in [0.25, 0.3) is 0 Å². The van der Waals surface area contributed by atoms with Crippen molar-refractivity contribution < 1.29 is 8.83 Å². The molecule has 2 heteroatoms. The van der Waals surface area contributed by atoms with E-state index < -0.39 is 0 Å². The van der Waals surface area contributed by atoms with Gasteiger partial charge >= 0.3 is 0 Å². The molecule has 0 aromatic carbocycles. The molecule has 0 saturated carbocycles. The molecular weight excluding hydrogens is 176 g/mol. The fourth-order valence-corrected chi connectivity index (χ4v) is 1.19. The summed E-state index contributed by atoms with van der Waals surface area (Å²) in [5, 5.41) is 0. The predicted molar refractivity (Wildman–Crippen MR) is 56.6 cm³/mol. The summed E-state index contributed by atoms with van der Waals surface area (Å²) in [7, 11) is 0. The van der Waals surface area contributed by atoms with Crippen LogP contribution in [0.3, 0.4) is 0 Å². The molecule has 0 amide bonds. The average molecular weight is 186 g/mol. The second-order valence-corrected chi connectivity index (χ2v) is 2.81. The summed E-state index contributed by atoms with van der Waals surface area (Å²) in [4.78, 5) is 0. The molecule has 0 aliphatic heterocycles. The molecule has 0 aliphatic carbocycles. The van der Waals surface area contributed by atoms with Crippen LogP contribution in [0.15, 0.2) is 46.3 Å². The van der Waals surface area contributed by atoms with Crippen molar-refractivity contribution in [2.24, 2.45) is 0 Å². The van der Waals surface area contributed by atoms with Gasteiger partial charge in [0.2, 0.25) is 0 Å². The van der Waals surface area contributed by atoms with Gasteiger partial charge in [-0.2, -0.15) is 0 Å². The molecule has 70 valence electrons. The van der Waals surface area contributed by atoms with Crippen molar-refractivity contribution in [2.45, 2.75) is 0 Å². The van der Waals surface area contributed by atoms with Crippen LogP contribution in [-0.4, -0.2) is 0 Å². The smallest absolute Gasteiger partial charge is 0.170 e. The van der Waals surface area contributed by atoms with Crippen LogP contribution in [0.5, 0.6) is 0 Å². The van der Waals surface area contributed by atoms with Crippen molar-refractivity contribution in [1.29, 1.82) is 0 Å². The Morgan fingerprint density at radius 2 is 1.21 bits per heavy atom. The molecule has 2 aromatic rings. The molecule has 0 fully saturated rings. The van der Waals surface area contributed by atoms with Crippen molar-refractivity contribution in [3.8, 4) is 11.5 Å². The van der Waals surface area contributed by atoms with Gasteiger partial charge in [0.1, 0.15) is 11.5 Å². The lowest BCUT2D eigenvalue weighted by Gasteiger charge is -1.89. The predicted octanol–water partition coefficient (Wildman–Crippen LogP) is 3.83. The molecule has 0 saturated heterocycles. The third-order valence-corrected chi connectivity index (χ3v) is 1.90. The first kappa shape index (κ1) is 8.63. The van der Waals surface area contributed by atoms with E-state index in [0.29, 0.717) is 11.5 Å². The lowest BCUT2D eigenvalue weighted by atomic mass is 10.3. The number of hydrogen-bond acceptors (Lipinski definition) is 2. The fraction of sp³-hybridized carbons (Fsp3) is 0. The summed E-state index contributed by atoms with van der Waals surface area (Å²) >= 11 is 0. The topological polar surface area (TPSA) is 26.3 Å². The van der Waals surface area contributed by atoms with E-state index in [2.05, 4.69) is 13.2 Å². The van der Waals surface area contributed by atoms with Gasteiger partial charge in [-0.25, -0.2) is 0 Å². The standard InChI is InChI=1S/C12H10O2/c1-3-9-5-7-11(13-9)12-8-6-10(4-2)14-12/h3-8H,1-2H2. The third kappa shape index (κ3) is 1.42. The Bertz CT molecular complexity index is 416. The maximum absolute atomic E-state index is 5.43. The first-order valence-electron chi connectivity index (χ1n) is 4.28. The normalized spacial score (nSPS) is 10.0. The van der Waals surface area contributed by atoms with Crippen molar-refractivity contribution >= 4 is 12.2 Å². The van der Waals surface area contributed by atoms with Crippen molar-refractivity contribution in [3.63, 3.8) is 0 Å². The minimum Gasteiger partial charge on any atom is -0.453 e. The van der Waals surface area contributed by atoms with Crippen LogP contribution in [0.4, 0.5) is 0 Å². The summed E-state index contributed by atoms with van der Waals surface area (Å²) in [5.74, 6) is 2.87. The van der Waals surface area contributed by atoms with E-state index in [0.717, 1.165) is 11.5 Å². The van der Waals surface area contributed by atoms with Gasteiger partial charge in [0.05, 0.1) is 0 Å². The molecule has 2 heterocycles. The Morgan fingerprint density at radius 3 is 1.50 bits per heavy atom. The van der Waals surface area contributed by atoms with Crippen LogP contribution in [-0.2, 0) is 0 Å². The van der Waals surface area contributed by atoms with E-state index in [1.807, 2.05) is 24.3 Å². The fourth-order valence-electron chi connectivity index (χ4n) is 1.19. The summed E-state index contributed by atoms with van der Waals surface area (Å²) in [6.45, 7) is 7.24. The van der Waals surface area contributed by atoms with Gasteiger partial charge in [0, 0.05) is 0 Å². The minimum absolute atomic E-state index is 0.702. The van der Waals surface area contributed by atoms with E-state index in [1.54, 1.807) is 12.2 Å². The molecule has 0 bridgehead atoms. The van der Waals surface area contributed by atoms with Gasteiger partial charge in [-0.15, -0.1) is 0 Å². The van der Waals surface area contributed by atoms with Crippen molar-refractivity contribution in [2.75, 3.05) is 0 Å². The Hall–Kier alpha value is -1.96. The quantitative estimate of drug-likeness (QED) is 0.728. The maximum Gasteiger partial charge on any atom is 0.170 e. The second-order valence-electron chi connectivity index (χ2n) is 2.81. The Labute approximate surface area is 82.2 Å². The minimum atomic E-state index is 0.702. The van der Waals surface area contributed by atoms with Gasteiger partial charge in [0.15, 0.2) is 11.5 Å². The molecule has 0 spiro atoms.